The van der Waals surface area contributed by atoms with Crippen molar-refractivity contribution < 1.29 is 28.5 Å². The van der Waals surface area contributed by atoms with Crippen molar-refractivity contribution in [3.05, 3.63) is 95.9 Å². The zero-order chi connectivity index (χ0) is 31.9. The van der Waals surface area contributed by atoms with Crippen LogP contribution in [0, 0.1) is 0 Å². The summed E-state index contributed by atoms with van der Waals surface area (Å²) in [5, 5.41) is 11.3. The van der Waals surface area contributed by atoms with Gasteiger partial charge in [-0.15, -0.1) is 0 Å². The minimum atomic E-state index is -2.07. The van der Waals surface area contributed by atoms with E-state index in [0.29, 0.717) is 56.3 Å². The molecule has 236 valence electrons. The number of hydrogen-bond acceptors (Lipinski definition) is 6. The molecule has 3 aromatic carbocycles. The zero-order valence-electron chi connectivity index (χ0n) is 25.1. The van der Waals surface area contributed by atoms with Crippen LogP contribution in [0.5, 0.6) is 23.0 Å². The summed E-state index contributed by atoms with van der Waals surface area (Å²) in [5.74, 6) is 2.30. The van der Waals surface area contributed by atoms with Gasteiger partial charge in [-0.3, -0.25) is 0 Å². The number of aromatic hydroxyl groups is 1. The van der Waals surface area contributed by atoms with Crippen LogP contribution in [0.4, 0.5) is 0 Å². The number of ether oxygens (including phenoxy) is 4. The van der Waals surface area contributed by atoms with Gasteiger partial charge in [0.1, 0.15) is 31.1 Å². The minimum absolute atomic E-state index is 0.0953. The second-order valence-electron chi connectivity index (χ2n) is 11.4. The Kier molecular flexibility index (Phi) is 12.5. The lowest BCUT2D eigenvalue weighted by Gasteiger charge is -2.31. The largest absolute Gasteiger partial charge is 0.505 e. The van der Waals surface area contributed by atoms with E-state index in [0.717, 1.165) is 34.1 Å². The van der Waals surface area contributed by atoms with Crippen LogP contribution in [-0.4, -0.2) is 39.1 Å². The van der Waals surface area contributed by atoms with Gasteiger partial charge in [-0.2, -0.15) is 0 Å². The molecular formula is C33H36Br4O6Si. The molecule has 0 aliphatic carbocycles. The molecule has 1 aromatic heterocycles. The second kappa shape index (κ2) is 15.7. The highest BCUT2D eigenvalue weighted by Crippen LogP contribution is 2.49. The maximum atomic E-state index is 10.3. The molecule has 1 atom stereocenters. The Morgan fingerprint density at radius 1 is 0.818 bits per heavy atom. The zero-order valence-corrected chi connectivity index (χ0v) is 32.4. The molecule has 0 unspecified atom stereocenters. The van der Waals surface area contributed by atoms with E-state index in [-0.39, 0.29) is 5.75 Å². The van der Waals surface area contributed by atoms with Crippen LogP contribution in [0.3, 0.4) is 0 Å². The molecule has 0 spiro atoms. The van der Waals surface area contributed by atoms with E-state index >= 15 is 0 Å². The first-order valence-corrected chi connectivity index (χ1v) is 20.5. The summed E-state index contributed by atoms with van der Waals surface area (Å²) in [6.07, 6.45) is 3.16. The molecule has 0 radical (unpaired) electrons. The number of furan rings is 1. The first kappa shape index (κ1) is 35.1. The Morgan fingerprint density at radius 3 is 2.09 bits per heavy atom. The maximum absolute atomic E-state index is 10.3. The van der Waals surface area contributed by atoms with E-state index in [2.05, 4.69) is 102 Å². The predicted octanol–water partition coefficient (Wildman–Crippen LogP) is 10.0. The lowest BCUT2D eigenvalue weighted by Crippen LogP contribution is -2.45. The molecule has 1 heterocycles. The highest BCUT2D eigenvalue weighted by molar-refractivity contribution is 9.14. The van der Waals surface area contributed by atoms with E-state index in [1.807, 2.05) is 42.5 Å². The van der Waals surface area contributed by atoms with Crippen LogP contribution in [0.25, 0.3) is 0 Å². The fraction of sp³-hybridized carbons (Fsp3) is 0.333. The molecule has 0 saturated heterocycles. The predicted molar refractivity (Wildman–Crippen MR) is 191 cm³/mol. The Morgan fingerprint density at radius 2 is 1.45 bits per heavy atom. The molecule has 0 bridgehead atoms. The van der Waals surface area contributed by atoms with Crippen LogP contribution in [0.15, 0.2) is 89.2 Å². The fourth-order valence-electron chi connectivity index (χ4n) is 4.82. The summed E-state index contributed by atoms with van der Waals surface area (Å²) in [6.45, 7) is 8.22. The fourth-order valence-corrected chi connectivity index (χ4v) is 9.38. The maximum Gasteiger partial charge on any atom is 0.150 e. The third kappa shape index (κ3) is 8.94. The SMILES string of the molecule is COc1ccc(OCC[C@@](C)(Cc2ccoc2[Si](C)(C)CCOc2c(Br)c(Br)c(O)c(Br)c2Br)OCc2ccccc2)cc1. The van der Waals surface area contributed by atoms with E-state index < -0.39 is 13.7 Å². The summed E-state index contributed by atoms with van der Waals surface area (Å²) in [6, 6.07) is 20.7. The molecule has 0 saturated carbocycles. The van der Waals surface area contributed by atoms with Crippen LogP contribution in [0.2, 0.25) is 19.1 Å². The van der Waals surface area contributed by atoms with Gasteiger partial charge in [0.15, 0.2) is 0 Å². The highest BCUT2D eigenvalue weighted by Gasteiger charge is 2.34. The highest BCUT2D eigenvalue weighted by atomic mass is 79.9. The van der Waals surface area contributed by atoms with E-state index in [1.54, 1.807) is 13.4 Å². The molecule has 6 nitrogen and oxygen atoms in total. The first-order valence-electron chi connectivity index (χ1n) is 14.1. The number of halogens is 4. The summed E-state index contributed by atoms with van der Waals surface area (Å²) in [7, 11) is -0.420. The van der Waals surface area contributed by atoms with Crippen LogP contribution < -0.4 is 19.6 Å². The van der Waals surface area contributed by atoms with Gasteiger partial charge in [-0.1, -0.05) is 43.4 Å². The Balaban J connectivity index is 1.47. The van der Waals surface area contributed by atoms with Gasteiger partial charge in [-0.05, 0) is 118 Å². The second-order valence-corrected chi connectivity index (χ2v) is 19.3. The number of phenols is 1. The lowest BCUT2D eigenvalue weighted by molar-refractivity contribution is -0.0549. The molecule has 4 aromatic rings. The number of rotatable bonds is 15. The van der Waals surface area contributed by atoms with Crippen LogP contribution in [-0.2, 0) is 17.8 Å². The molecular weight excluding hydrogens is 840 g/mol. The molecule has 0 aliphatic rings. The average Bonchev–Trinajstić information content (AvgIpc) is 3.49. The van der Waals surface area contributed by atoms with Gasteiger partial charge in [0.25, 0.3) is 0 Å². The smallest absolute Gasteiger partial charge is 0.150 e. The lowest BCUT2D eigenvalue weighted by atomic mass is 9.94. The van der Waals surface area contributed by atoms with Gasteiger partial charge >= 0.3 is 0 Å². The van der Waals surface area contributed by atoms with Crippen LogP contribution in [0.1, 0.15) is 24.5 Å². The number of phenolic OH excluding ortho intramolecular Hbond substituents is 1. The van der Waals surface area contributed by atoms with Gasteiger partial charge in [-0.25, -0.2) is 0 Å². The van der Waals surface area contributed by atoms with Crippen molar-refractivity contribution in [2.75, 3.05) is 20.3 Å². The molecule has 0 fully saturated rings. The van der Waals surface area contributed by atoms with E-state index in [4.69, 9.17) is 23.4 Å². The average molecular weight is 876 g/mol. The van der Waals surface area contributed by atoms with Gasteiger partial charge in [0.05, 0.1) is 62.1 Å². The normalized spacial score (nSPS) is 13.0. The summed E-state index contributed by atoms with van der Waals surface area (Å²) in [4.78, 5) is 0. The van der Waals surface area contributed by atoms with Crippen molar-refractivity contribution in [1.82, 2.24) is 0 Å². The number of hydrogen-bond donors (Lipinski definition) is 1. The molecule has 44 heavy (non-hydrogen) atoms. The Hall–Kier alpha value is -1.76. The number of benzene rings is 3. The van der Waals surface area contributed by atoms with Crippen molar-refractivity contribution in [3.63, 3.8) is 0 Å². The molecule has 11 heteroatoms. The third-order valence-electron chi connectivity index (χ3n) is 7.49. The monoisotopic (exact) mass is 872 g/mol. The molecule has 4 rings (SSSR count). The van der Waals surface area contributed by atoms with Crippen molar-refractivity contribution in [3.8, 4) is 23.0 Å². The molecule has 0 aliphatic heterocycles. The summed E-state index contributed by atoms with van der Waals surface area (Å²) in [5.41, 5.74) is 1.78. The molecule has 1 N–H and O–H groups in total. The van der Waals surface area contributed by atoms with Crippen molar-refractivity contribution >= 4 is 77.2 Å². The van der Waals surface area contributed by atoms with Crippen molar-refractivity contribution in [2.45, 2.75) is 51.1 Å². The van der Waals surface area contributed by atoms with Crippen molar-refractivity contribution in [2.24, 2.45) is 0 Å². The summed E-state index contributed by atoms with van der Waals surface area (Å²) < 4.78 is 32.8. The Bertz CT molecular complexity index is 1500. The molecule has 0 amide bonds. The Labute approximate surface area is 294 Å². The van der Waals surface area contributed by atoms with E-state index in [9.17, 15) is 5.11 Å². The van der Waals surface area contributed by atoms with Gasteiger partial charge in [0, 0.05) is 12.8 Å². The summed E-state index contributed by atoms with van der Waals surface area (Å²) >= 11 is 13.9. The quantitative estimate of drug-likeness (QED) is 0.0948. The minimum Gasteiger partial charge on any atom is -0.505 e. The topological polar surface area (TPSA) is 70.3 Å². The standard InChI is InChI=1S/C33H36Br4O6Si/c1-33(43-21-22-8-6-5-7-9-22,15-17-40-25-12-10-24(39-2)11-13-25)20-23-14-16-42-32(23)44(3,4)19-18-41-31-28(36)26(34)30(38)27(35)29(31)37/h5-14,16,38H,15,17-21H2,1-4H3/t33-/m0/s1. The first-order chi connectivity index (χ1) is 20.9. The van der Waals surface area contributed by atoms with Gasteiger partial charge < -0.3 is 28.5 Å². The van der Waals surface area contributed by atoms with Gasteiger partial charge in [0.2, 0.25) is 0 Å². The van der Waals surface area contributed by atoms with Crippen molar-refractivity contribution in [1.29, 1.82) is 0 Å². The van der Waals surface area contributed by atoms with E-state index in [1.165, 1.54) is 0 Å². The number of methoxy groups -OCH3 is 1. The third-order valence-corrected chi connectivity index (χ3v) is 14.7. The van der Waals surface area contributed by atoms with Crippen LogP contribution >= 0.6 is 63.7 Å².